The van der Waals surface area contributed by atoms with Crippen LogP contribution in [0.5, 0.6) is 5.75 Å². The Hall–Kier alpha value is -1.81. The summed E-state index contributed by atoms with van der Waals surface area (Å²) in [5.41, 5.74) is 4.06. The van der Waals surface area contributed by atoms with Gasteiger partial charge in [0.25, 0.3) is 5.91 Å². The Morgan fingerprint density at radius 2 is 1.95 bits per heavy atom. The number of benzene rings is 2. The Balaban J connectivity index is 2.00. The molecule has 4 heteroatoms. The highest BCUT2D eigenvalue weighted by Gasteiger charge is 2.08. The van der Waals surface area contributed by atoms with Crippen molar-refractivity contribution in [3.8, 4) is 5.75 Å². The van der Waals surface area contributed by atoms with Crippen LogP contribution < -0.4 is 10.1 Å². The summed E-state index contributed by atoms with van der Waals surface area (Å²) < 4.78 is 6.66. The molecule has 0 heterocycles. The summed E-state index contributed by atoms with van der Waals surface area (Å²) in [7, 11) is 0. The monoisotopic (exact) mass is 361 g/mol. The summed E-state index contributed by atoms with van der Waals surface area (Å²) in [6.07, 6.45) is 0.855. The molecule has 0 saturated heterocycles. The smallest absolute Gasteiger partial charge is 0.262 e. The first-order chi connectivity index (χ1) is 10.5. The minimum Gasteiger partial charge on any atom is -0.483 e. The molecule has 1 N–H and O–H groups in total. The number of carbonyl (C=O) groups is 1. The van der Waals surface area contributed by atoms with Crippen molar-refractivity contribution in [3.05, 3.63) is 57.6 Å². The molecule has 2 rings (SSSR count). The minimum absolute atomic E-state index is 0.00200. The number of amides is 1. The lowest BCUT2D eigenvalue weighted by atomic mass is 10.1. The predicted molar refractivity (Wildman–Crippen MR) is 93.6 cm³/mol. The molecule has 0 spiro atoms. The molecule has 3 nitrogen and oxygen atoms in total. The molecule has 116 valence electrons. The molecule has 0 radical (unpaired) electrons. The quantitative estimate of drug-likeness (QED) is 0.841. The van der Waals surface area contributed by atoms with Crippen LogP contribution in [0.1, 0.15) is 23.6 Å². The van der Waals surface area contributed by atoms with E-state index < -0.39 is 0 Å². The van der Waals surface area contributed by atoms with Crippen molar-refractivity contribution in [3.63, 3.8) is 0 Å². The van der Waals surface area contributed by atoms with E-state index in [0.29, 0.717) is 0 Å². The molecule has 0 aliphatic carbocycles. The fourth-order valence-corrected chi connectivity index (χ4v) is 2.57. The lowest BCUT2D eigenvalue weighted by molar-refractivity contribution is -0.118. The molecule has 0 aliphatic heterocycles. The molecule has 0 aliphatic rings. The van der Waals surface area contributed by atoms with E-state index in [2.05, 4.69) is 28.2 Å². The number of halogens is 1. The van der Waals surface area contributed by atoms with E-state index >= 15 is 0 Å². The van der Waals surface area contributed by atoms with Gasteiger partial charge in [-0.2, -0.15) is 0 Å². The number of hydrogen-bond acceptors (Lipinski definition) is 2. The largest absolute Gasteiger partial charge is 0.483 e. The summed E-state index contributed by atoms with van der Waals surface area (Å²) >= 11 is 3.44. The molecule has 0 atom stereocenters. The first-order valence-corrected chi connectivity index (χ1v) is 8.07. The van der Waals surface area contributed by atoms with Gasteiger partial charge in [0.2, 0.25) is 0 Å². The maximum absolute atomic E-state index is 12.1. The first-order valence-electron chi connectivity index (χ1n) is 7.28. The van der Waals surface area contributed by atoms with E-state index in [1.54, 1.807) is 0 Å². The zero-order valence-electron chi connectivity index (χ0n) is 13.1. The van der Waals surface area contributed by atoms with E-state index in [1.807, 2.05) is 50.2 Å². The van der Waals surface area contributed by atoms with Crippen molar-refractivity contribution in [2.75, 3.05) is 11.9 Å². The SMILES string of the molecule is CCc1cc(Br)ccc1OCC(=O)Nc1cc(C)ccc1C. The highest BCUT2D eigenvalue weighted by atomic mass is 79.9. The maximum atomic E-state index is 12.1. The average Bonchev–Trinajstić information content (AvgIpc) is 2.49. The normalized spacial score (nSPS) is 10.4. The van der Waals surface area contributed by atoms with Gasteiger partial charge in [0.15, 0.2) is 6.61 Å². The van der Waals surface area contributed by atoms with E-state index in [1.165, 1.54) is 0 Å². The van der Waals surface area contributed by atoms with E-state index in [-0.39, 0.29) is 12.5 Å². The van der Waals surface area contributed by atoms with Gasteiger partial charge in [0.1, 0.15) is 5.75 Å². The molecule has 22 heavy (non-hydrogen) atoms. The van der Waals surface area contributed by atoms with Gasteiger partial charge >= 0.3 is 0 Å². The van der Waals surface area contributed by atoms with Crippen LogP contribution >= 0.6 is 15.9 Å². The molecule has 0 saturated carbocycles. The average molecular weight is 362 g/mol. The van der Waals surface area contributed by atoms with Gasteiger partial charge in [-0.3, -0.25) is 4.79 Å². The number of rotatable bonds is 5. The highest BCUT2D eigenvalue weighted by Crippen LogP contribution is 2.24. The number of aryl methyl sites for hydroxylation is 3. The number of ether oxygens (including phenoxy) is 1. The van der Waals surface area contributed by atoms with Gasteiger partial charge in [-0.25, -0.2) is 0 Å². The zero-order chi connectivity index (χ0) is 16.1. The molecular weight excluding hydrogens is 342 g/mol. The van der Waals surface area contributed by atoms with Crippen molar-refractivity contribution in [2.24, 2.45) is 0 Å². The van der Waals surface area contributed by atoms with Crippen molar-refractivity contribution in [1.82, 2.24) is 0 Å². The third-order valence-electron chi connectivity index (χ3n) is 3.43. The molecular formula is C18H20BrNO2. The standard InChI is InChI=1S/C18H20BrNO2/c1-4-14-10-15(19)7-8-17(14)22-11-18(21)20-16-9-12(2)5-6-13(16)3/h5-10H,4,11H2,1-3H3,(H,20,21). The Bertz CT molecular complexity index is 683. The molecule has 2 aromatic rings. The minimum atomic E-state index is -0.154. The van der Waals surface area contributed by atoms with Gasteiger partial charge in [-0.05, 0) is 61.2 Å². The molecule has 0 unspecified atom stereocenters. The van der Waals surface area contributed by atoms with Crippen LogP contribution in [0.15, 0.2) is 40.9 Å². The van der Waals surface area contributed by atoms with Crippen molar-refractivity contribution < 1.29 is 9.53 Å². The Kier molecular flexibility index (Phi) is 5.61. The van der Waals surface area contributed by atoms with E-state index in [0.717, 1.165) is 39.0 Å². The van der Waals surface area contributed by atoms with Crippen LogP contribution in [-0.4, -0.2) is 12.5 Å². The second-order valence-corrected chi connectivity index (χ2v) is 6.18. The molecule has 1 amide bonds. The molecule has 0 bridgehead atoms. The second-order valence-electron chi connectivity index (χ2n) is 5.26. The van der Waals surface area contributed by atoms with Gasteiger partial charge in [0, 0.05) is 10.2 Å². The van der Waals surface area contributed by atoms with Crippen LogP contribution in [0.25, 0.3) is 0 Å². The number of anilines is 1. The molecule has 0 aromatic heterocycles. The second kappa shape index (κ2) is 7.45. The van der Waals surface area contributed by atoms with Crippen LogP contribution in [-0.2, 0) is 11.2 Å². The van der Waals surface area contributed by atoms with Crippen LogP contribution in [0.2, 0.25) is 0 Å². The zero-order valence-corrected chi connectivity index (χ0v) is 14.7. The van der Waals surface area contributed by atoms with Gasteiger partial charge < -0.3 is 10.1 Å². The van der Waals surface area contributed by atoms with Crippen molar-refractivity contribution in [1.29, 1.82) is 0 Å². The summed E-state index contributed by atoms with van der Waals surface area (Å²) in [5.74, 6) is 0.598. The third kappa shape index (κ3) is 4.34. The van der Waals surface area contributed by atoms with Crippen molar-refractivity contribution >= 4 is 27.5 Å². The number of carbonyl (C=O) groups excluding carboxylic acids is 1. The highest BCUT2D eigenvalue weighted by molar-refractivity contribution is 9.10. The fourth-order valence-electron chi connectivity index (χ4n) is 2.17. The van der Waals surface area contributed by atoms with Crippen LogP contribution in [0, 0.1) is 13.8 Å². The van der Waals surface area contributed by atoms with Crippen molar-refractivity contribution in [2.45, 2.75) is 27.2 Å². The van der Waals surface area contributed by atoms with E-state index in [9.17, 15) is 4.79 Å². The lowest BCUT2D eigenvalue weighted by Gasteiger charge is -2.12. The van der Waals surface area contributed by atoms with Gasteiger partial charge in [-0.1, -0.05) is 35.0 Å². The maximum Gasteiger partial charge on any atom is 0.262 e. The topological polar surface area (TPSA) is 38.3 Å². The third-order valence-corrected chi connectivity index (χ3v) is 3.92. The number of nitrogens with one attached hydrogen (secondary N) is 1. The van der Waals surface area contributed by atoms with E-state index in [4.69, 9.17) is 4.74 Å². The van der Waals surface area contributed by atoms with Gasteiger partial charge in [0.05, 0.1) is 0 Å². The van der Waals surface area contributed by atoms with Crippen LogP contribution in [0.3, 0.4) is 0 Å². The van der Waals surface area contributed by atoms with Crippen LogP contribution in [0.4, 0.5) is 5.69 Å². The Morgan fingerprint density at radius 3 is 2.68 bits per heavy atom. The Morgan fingerprint density at radius 1 is 1.18 bits per heavy atom. The summed E-state index contributed by atoms with van der Waals surface area (Å²) in [6.45, 7) is 6.04. The summed E-state index contributed by atoms with van der Waals surface area (Å²) in [6, 6.07) is 11.8. The van der Waals surface area contributed by atoms with Gasteiger partial charge in [-0.15, -0.1) is 0 Å². The molecule has 0 fully saturated rings. The Labute approximate surface area is 139 Å². The fraction of sp³-hybridized carbons (Fsp3) is 0.278. The lowest BCUT2D eigenvalue weighted by Crippen LogP contribution is -2.21. The summed E-state index contributed by atoms with van der Waals surface area (Å²) in [4.78, 5) is 12.1. The first kappa shape index (κ1) is 16.6. The molecule has 2 aromatic carbocycles. The predicted octanol–water partition coefficient (Wildman–Crippen LogP) is 4.65. The summed E-state index contributed by atoms with van der Waals surface area (Å²) in [5, 5.41) is 2.90. The number of hydrogen-bond donors (Lipinski definition) is 1.